The maximum atomic E-state index is 5.89. The Morgan fingerprint density at radius 3 is 1.43 bits per heavy atom. The molecule has 4 aromatic rings. The molecule has 0 saturated carbocycles. The first-order valence-electron chi connectivity index (χ1n) is 14.5. The number of fused-ring (bicyclic) bond motifs is 2. The summed E-state index contributed by atoms with van der Waals surface area (Å²) in [6, 6.07) is 25.9. The third-order valence-corrected chi connectivity index (χ3v) is 10.5. The minimum Gasteiger partial charge on any atom is -0.489 e. The Morgan fingerprint density at radius 2 is 1.07 bits per heavy atom. The van der Waals surface area contributed by atoms with Gasteiger partial charge >= 0.3 is 0 Å². The van der Waals surface area contributed by atoms with Crippen molar-refractivity contribution in [1.29, 1.82) is 0 Å². The number of nitrogens with one attached hydrogen (secondary N) is 2. The first-order chi connectivity index (χ1) is 21.0. The molecule has 0 amide bonds. The van der Waals surface area contributed by atoms with Gasteiger partial charge in [-0.1, -0.05) is 74.5 Å². The number of nitrogens with zero attached hydrogens (tertiary/aromatic N) is 2. The smallest absolute Gasteiger partial charge is 0.156 e. The van der Waals surface area contributed by atoms with Gasteiger partial charge < -0.3 is 20.1 Å². The van der Waals surface area contributed by atoms with E-state index in [4.69, 9.17) is 9.47 Å². The quantitative estimate of drug-likeness (QED) is 0.136. The lowest BCUT2D eigenvalue weighted by Crippen LogP contribution is -2.38. The van der Waals surface area contributed by atoms with Crippen LogP contribution in [0.2, 0.25) is 0 Å². The maximum Gasteiger partial charge on any atom is 0.156 e. The van der Waals surface area contributed by atoms with Gasteiger partial charge in [0.25, 0.3) is 0 Å². The Morgan fingerprint density at radius 1 is 0.705 bits per heavy atom. The fourth-order valence-electron chi connectivity index (χ4n) is 5.50. The van der Waals surface area contributed by atoms with Gasteiger partial charge in [0, 0.05) is 47.1 Å². The highest BCUT2D eigenvalue weighted by Crippen LogP contribution is 2.44. The molecule has 6 nitrogen and oxygen atoms in total. The SMILES string of the molecule is C[C@H](NC[C@@]1(C)COc2c1cc(I)nc2Br)c1ccccc1.C[C@H](NC[C@]1(C)COc2c1cc(I)nc2Br)c1ccccc1. The summed E-state index contributed by atoms with van der Waals surface area (Å²) < 4.78 is 15.3. The lowest BCUT2D eigenvalue weighted by molar-refractivity contribution is 0.266. The van der Waals surface area contributed by atoms with Crippen LogP contribution in [0.5, 0.6) is 11.5 Å². The largest absolute Gasteiger partial charge is 0.489 e. The topological polar surface area (TPSA) is 68.3 Å². The molecular formula is C34H36Br2I2N4O2. The molecule has 0 spiro atoms. The van der Waals surface area contributed by atoms with E-state index in [1.54, 1.807) is 0 Å². The highest BCUT2D eigenvalue weighted by atomic mass is 127. The molecule has 232 valence electrons. The minimum atomic E-state index is -0.0379. The third-order valence-electron chi connectivity index (χ3n) is 8.37. The molecule has 4 heterocycles. The van der Waals surface area contributed by atoms with Crippen molar-refractivity contribution in [1.82, 2.24) is 20.6 Å². The van der Waals surface area contributed by atoms with Gasteiger partial charge in [-0.15, -0.1) is 0 Å². The van der Waals surface area contributed by atoms with Crippen molar-refractivity contribution in [3.63, 3.8) is 0 Å². The maximum absolute atomic E-state index is 5.89. The van der Waals surface area contributed by atoms with Gasteiger partial charge in [0.15, 0.2) is 11.5 Å². The lowest BCUT2D eigenvalue weighted by Gasteiger charge is -2.26. The highest BCUT2D eigenvalue weighted by molar-refractivity contribution is 14.1. The standard InChI is InChI=1S/2C17H18BrIN2O/c2*1-11(12-6-4-3-5-7-12)20-9-17(2)10-22-15-13(17)8-14(19)21-16(15)18/h2*3-8,11,20H,9-10H2,1-2H3/t11-,17+;11-,17-/m00/s1. The van der Waals surface area contributed by atoms with E-state index in [1.807, 2.05) is 12.1 Å². The molecule has 2 aromatic heterocycles. The zero-order valence-corrected chi connectivity index (χ0v) is 32.6. The van der Waals surface area contributed by atoms with E-state index in [1.165, 1.54) is 22.3 Å². The summed E-state index contributed by atoms with van der Waals surface area (Å²) in [5.74, 6) is 1.77. The number of hydrogen-bond acceptors (Lipinski definition) is 6. The second-order valence-electron chi connectivity index (χ2n) is 12.0. The molecule has 0 saturated heterocycles. The van der Waals surface area contributed by atoms with Gasteiger partial charge in [-0.05, 0) is 114 Å². The Kier molecular flexibility index (Phi) is 11.3. The molecule has 4 atom stereocenters. The zero-order chi connectivity index (χ0) is 31.5. The number of ether oxygens (including phenoxy) is 2. The fraction of sp³-hybridized carbons (Fsp3) is 0.353. The Labute approximate surface area is 304 Å². The molecule has 6 rings (SSSR count). The fourth-order valence-corrected chi connectivity index (χ4v) is 8.31. The van der Waals surface area contributed by atoms with Crippen LogP contribution in [0.3, 0.4) is 0 Å². The molecule has 2 aliphatic heterocycles. The van der Waals surface area contributed by atoms with Gasteiger partial charge in [-0.25, -0.2) is 9.97 Å². The van der Waals surface area contributed by atoms with Gasteiger partial charge in [-0.3, -0.25) is 0 Å². The zero-order valence-electron chi connectivity index (χ0n) is 25.1. The Balaban J connectivity index is 0.000000175. The molecule has 0 bridgehead atoms. The van der Waals surface area contributed by atoms with Crippen LogP contribution in [-0.4, -0.2) is 36.3 Å². The van der Waals surface area contributed by atoms with Crippen molar-refractivity contribution in [3.05, 3.63) is 112 Å². The van der Waals surface area contributed by atoms with E-state index >= 15 is 0 Å². The molecule has 0 fully saturated rings. The summed E-state index contributed by atoms with van der Waals surface area (Å²) >= 11 is 11.5. The predicted octanol–water partition coefficient (Wildman–Crippen LogP) is 8.90. The minimum absolute atomic E-state index is 0.0379. The van der Waals surface area contributed by atoms with Crippen LogP contribution >= 0.6 is 77.0 Å². The summed E-state index contributed by atoms with van der Waals surface area (Å²) in [7, 11) is 0. The Hall–Kier alpha value is -1.32. The van der Waals surface area contributed by atoms with Crippen LogP contribution in [0.4, 0.5) is 0 Å². The van der Waals surface area contributed by atoms with Crippen molar-refractivity contribution < 1.29 is 9.47 Å². The van der Waals surface area contributed by atoms with Crippen molar-refractivity contribution in [2.75, 3.05) is 26.3 Å². The highest BCUT2D eigenvalue weighted by Gasteiger charge is 2.39. The second-order valence-corrected chi connectivity index (χ2v) is 15.7. The number of pyridine rings is 2. The first kappa shape index (κ1) is 34.0. The molecule has 10 heteroatoms. The van der Waals surface area contributed by atoms with Crippen molar-refractivity contribution >= 4 is 77.0 Å². The molecule has 0 radical (unpaired) electrons. The van der Waals surface area contributed by atoms with E-state index < -0.39 is 0 Å². The normalized spacial score (nSPS) is 21.3. The summed E-state index contributed by atoms with van der Waals surface area (Å²) in [5.41, 5.74) is 4.98. The average molecular weight is 946 g/mol. The van der Waals surface area contributed by atoms with E-state index in [-0.39, 0.29) is 10.8 Å². The molecule has 2 aromatic carbocycles. The van der Waals surface area contributed by atoms with Crippen LogP contribution in [0.25, 0.3) is 0 Å². The summed E-state index contributed by atoms with van der Waals surface area (Å²) in [6.07, 6.45) is 0. The second kappa shape index (κ2) is 14.6. The molecule has 0 aliphatic carbocycles. The van der Waals surface area contributed by atoms with E-state index in [2.05, 4.69) is 186 Å². The van der Waals surface area contributed by atoms with Crippen molar-refractivity contribution in [3.8, 4) is 11.5 Å². The molecular weight excluding hydrogens is 910 g/mol. The summed E-state index contributed by atoms with van der Waals surface area (Å²) in [4.78, 5) is 8.82. The number of aromatic nitrogens is 2. The van der Waals surface area contributed by atoms with E-state index in [0.29, 0.717) is 25.3 Å². The van der Waals surface area contributed by atoms with Crippen molar-refractivity contribution in [2.45, 2.75) is 50.6 Å². The van der Waals surface area contributed by atoms with Gasteiger partial charge in [-0.2, -0.15) is 0 Å². The third kappa shape index (κ3) is 7.79. The number of hydrogen-bond donors (Lipinski definition) is 2. The van der Waals surface area contributed by atoms with Crippen LogP contribution in [-0.2, 0) is 10.8 Å². The predicted molar refractivity (Wildman–Crippen MR) is 201 cm³/mol. The number of benzene rings is 2. The van der Waals surface area contributed by atoms with Gasteiger partial charge in [0.2, 0.25) is 0 Å². The molecule has 2 N–H and O–H groups in total. The van der Waals surface area contributed by atoms with Gasteiger partial charge in [0.05, 0.1) is 13.2 Å². The van der Waals surface area contributed by atoms with Crippen LogP contribution in [0.15, 0.2) is 82.0 Å². The molecule has 44 heavy (non-hydrogen) atoms. The van der Waals surface area contributed by atoms with Crippen LogP contribution < -0.4 is 20.1 Å². The van der Waals surface area contributed by atoms with Crippen LogP contribution in [0, 0.1) is 7.40 Å². The number of rotatable bonds is 8. The summed E-state index contributed by atoms with van der Waals surface area (Å²) in [6.45, 7) is 12.0. The lowest BCUT2D eigenvalue weighted by atomic mass is 9.84. The average Bonchev–Trinajstić information content (AvgIpc) is 3.53. The number of halogens is 4. The van der Waals surface area contributed by atoms with E-state index in [0.717, 1.165) is 41.2 Å². The molecule has 2 aliphatic rings. The Bertz CT molecular complexity index is 1480. The van der Waals surface area contributed by atoms with Crippen LogP contribution in [0.1, 0.15) is 62.0 Å². The van der Waals surface area contributed by atoms with E-state index in [9.17, 15) is 0 Å². The van der Waals surface area contributed by atoms with Gasteiger partial charge in [0.1, 0.15) is 16.6 Å². The molecule has 0 unspecified atom stereocenters. The first-order valence-corrected chi connectivity index (χ1v) is 18.3. The van der Waals surface area contributed by atoms with Crippen molar-refractivity contribution in [2.24, 2.45) is 0 Å². The monoisotopic (exact) mass is 944 g/mol. The summed E-state index contributed by atoms with van der Waals surface area (Å²) in [5, 5.41) is 7.29.